The maximum absolute atomic E-state index is 5.63. The molecule has 0 radical (unpaired) electrons. The molecule has 19 heavy (non-hydrogen) atoms. The SMILES string of the molecule is CC(C)CN1CCN(Cc2cccc(CN)n2)CC1. The van der Waals surface area contributed by atoms with E-state index >= 15 is 0 Å². The number of piperazine rings is 1. The van der Waals surface area contributed by atoms with Crippen LogP contribution in [0.4, 0.5) is 0 Å². The minimum absolute atomic E-state index is 0.524. The van der Waals surface area contributed by atoms with Gasteiger partial charge in [0.1, 0.15) is 0 Å². The molecule has 4 nitrogen and oxygen atoms in total. The van der Waals surface area contributed by atoms with Crippen LogP contribution in [0.5, 0.6) is 0 Å². The lowest BCUT2D eigenvalue weighted by molar-refractivity contribution is 0.116. The molecule has 0 aromatic carbocycles. The summed E-state index contributed by atoms with van der Waals surface area (Å²) in [5.74, 6) is 0.759. The Labute approximate surface area is 116 Å². The monoisotopic (exact) mass is 262 g/mol. The van der Waals surface area contributed by atoms with Crippen LogP contribution in [0.1, 0.15) is 25.2 Å². The molecular formula is C15H26N4. The van der Waals surface area contributed by atoms with Gasteiger partial charge in [-0.2, -0.15) is 0 Å². The molecule has 106 valence electrons. The Morgan fingerprint density at radius 3 is 2.37 bits per heavy atom. The minimum atomic E-state index is 0.524. The Balaban J connectivity index is 1.81. The van der Waals surface area contributed by atoms with Crippen molar-refractivity contribution in [2.45, 2.75) is 26.9 Å². The Morgan fingerprint density at radius 1 is 1.11 bits per heavy atom. The quantitative estimate of drug-likeness (QED) is 0.869. The molecule has 0 aliphatic carbocycles. The fraction of sp³-hybridized carbons (Fsp3) is 0.667. The van der Waals surface area contributed by atoms with Crippen molar-refractivity contribution in [3.8, 4) is 0 Å². The molecule has 1 aliphatic heterocycles. The summed E-state index contributed by atoms with van der Waals surface area (Å²) in [7, 11) is 0. The van der Waals surface area contributed by atoms with E-state index in [2.05, 4.69) is 40.8 Å². The molecule has 1 fully saturated rings. The van der Waals surface area contributed by atoms with Gasteiger partial charge in [0.05, 0.1) is 11.4 Å². The lowest BCUT2D eigenvalue weighted by atomic mass is 10.2. The summed E-state index contributed by atoms with van der Waals surface area (Å²) >= 11 is 0. The molecule has 0 unspecified atom stereocenters. The Bertz CT molecular complexity index is 383. The first kappa shape index (κ1) is 14.4. The van der Waals surface area contributed by atoms with E-state index in [1.165, 1.54) is 19.6 Å². The average Bonchev–Trinajstić information content (AvgIpc) is 2.41. The molecule has 0 amide bonds. The van der Waals surface area contributed by atoms with Gasteiger partial charge in [-0.25, -0.2) is 0 Å². The van der Waals surface area contributed by atoms with Gasteiger partial charge in [-0.05, 0) is 18.1 Å². The number of nitrogens with zero attached hydrogens (tertiary/aromatic N) is 3. The first-order chi connectivity index (χ1) is 9.17. The highest BCUT2D eigenvalue weighted by atomic mass is 15.3. The molecule has 1 saturated heterocycles. The van der Waals surface area contributed by atoms with Gasteiger partial charge in [0.15, 0.2) is 0 Å². The van der Waals surface area contributed by atoms with Gasteiger partial charge in [-0.1, -0.05) is 19.9 Å². The number of rotatable bonds is 5. The Kier molecular flexibility index (Phi) is 5.31. The standard InChI is InChI=1S/C15H26N4/c1-13(2)11-18-6-8-19(9-7-18)12-15-5-3-4-14(10-16)17-15/h3-5,13H,6-12,16H2,1-2H3. The molecule has 4 heteroatoms. The number of hydrogen-bond acceptors (Lipinski definition) is 4. The average molecular weight is 262 g/mol. The third-order valence-corrected chi connectivity index (χ3v) is 3.55. The molecule has 2 rings (SSSR count). The van der Waals surface area contributed by atoms with Crippen LogP contribution in [0.3, 0.4) is 0 Å². The van der Waals surface area contributed by atoms with Gasteiger partial charge in [0, 0.05) is 45.8 Å². The second-order valence-corrected chi connectivity index (χ2v) is 5.79. The zero-order valence-corrected chi connectivity index (χ0v) is 12.2. The molecule has 1 aromatic rings. The smallest absolute Gasteiger partial charge is 0.0547 e. The topological polar surface area (TPSA) is 45.4 Å². The zero-order chi connectivity index (χ0) is 13.7. The second kappa shape index (κ2) is 6.98. The van der Waals surface area contributed by atoms with Crippen LogP contribution >= 0.6 is 0 Å². The van der Waals surface area contributed by atoms with E-state index in [-0.39, 0.29) is 0 Å². The van der Waals surface area contributed by atoms with E-state index in [0.29, 0.717) is 6.54 Å². The second-order valence-electron chi connectivity index (χ2n) is 5.79. The number of pyridine rings is 1. The summed E-state index contributed by atoms with van der Waals surface area (Å²) in [5.41, 5.74) is 7.76. The van der Waals surface area contributed by atoms with Crippen LogP contribution in [0, 0.1) is 5.92 Å². The van der Waals surface area contributed by atoms with Crippen LogP contribution in [-0.2, 0) is 13.1 Å². The predicted octanol–water partition coefficient (Wildman–Crippen LogP) is 1.31. The Hall–Kier alpha value is -0.970. The van der Waals surface area contributed by atoms with Gasteiger partial charge < -0.3 is 10.6 Å². The summed E-state index contributed by atoms with van der Waals surface area (Å²) in [6.07, 6.45) is 0. The van der Waals surface area contributed by atoms with Crippen molar-refractivity contribution in [2.75, 3.05) is 32.7 Å². The fourth-order valence-corrected chi connectivity index (χ4v) is 2.61. The van der Waals surface area contributed by atoms with E-state index in [0.717, 1.165) is 36.9 Å². The zero-order valence-electron chi connectivity index (χ0n) is 12.2. The maximum atomic E-state index is 5.63. The van der Waals surface area contributed by atoms with Crippen LogP contribution in [-0.4, -0.2) is 47.5 Å². The lowest BCUT2D eigenvalue weighted by Crippen LogP contribution is -2.46. The molecule has 1 aliphatic rings. The third-order valence-electron chi connectivity index (χ3n) is 3.55. The highest BCUT2D eigenvalue weighted by Crippen LogP contribution is 2.09. The van der Waals surface area contributed by atoms with E-state index in [4.69, 9.17) is 5.73 Å². The van der Waals surface area contributed by atoms with E-state index in [1.807, 2.05) is 6.07 Å². The van der Waals surface area contributed by atoms with Crippen molar-refractivity contribution in [3.05, 3.63) is 29.6 Å². The van der Waals surface area contributed by atoms with E-state index < -0.39 is 0 Å². The predicted molar refractivity (Wildman–Crippen MR) is 78.7 cm³/mol. The van der Waals surface area contributed by atoms with Gasteiger partial charge in [-0.3, -0.25) is 9.88 Å². The molecule has 2 N–H and O–H groups in total. The lowest BCUT2D eigenvalue weighted by Gasteiger charge is -2.35. The summed E-state index contributed by atoms with van der Waals surface area (Å²) < 4.78 is 0. The maximum Gasteiger partial charge on any atom is 0.0547 e. The van der Waals surface area contributed by atoms with Crippen molar-refractivity contribution < 1.29 is 0 Å². The molecule has 0 saturated carbocycles. The summed E-state index contributed by atoms with van der Waals surface area (Å²) in [5, 5.41) is 0. The molecule has 2 heterocycles. The van der Waals surface area contributed by atoms with Crippen molar-refractivity contribution in [1.82, 2.24) is 14.8 Å². The number of hydrogen-bond donors (Lipinski definition) is 1. The largest absolute Gasteiger partial charge is 0.325 e. The van der Waals surface area contributed by atoms with E-state index in [1.54, 1.807) is 0 Å². The van der Waals surface area contributed by atoms with Crippen LogP contribution in [0.2, 0.25) is 0 Å². The minimum Gasteiger partial charge on any atom is -0.325 e. The molecular weight excluding hydrogens is 236 g/mol. The van der Waals surface area contributed by atoms with Crippen molar-refractivity contribution in [3.63, 3.8) is 0 Å². The highest BCUT2D eigenvalue weighted by Gasteiger charge is 2.17. The summed E-state index contributed by atoms with van der Waals surface area (Å²) in [6, 6.07) is 6.14. The summed E-state index contributed by atoms with van der Waals surface area (Å²) in [4.78, 5) is 9.62. The normalized spacial score (nSPS) is 18.1. The Morgan fingerprint density at radius 2 is 1.74 bits per heavy atom. The van der Waals surface area contributed by atoms with Crippen LogP contribution in [0.15, 0.2) is 18.2 Å². The first-order valence-corrected chi connectivity index (χ1v) is 7.27. The van der Waals surface area contributed by atoms with Crippen LogP contribution in [0.25, 0.3) is 0 Å². The van der Waals surface area contributed by atoms with Gasteiger partial charge in [-0.15, -0.1) is 0 Å². The molecule has 0 atom stereocenters. The molecule has 0 spiro atoms. The number of aromatic nitrogens is 1. The van der Waals surface area contributed by atoms with Crippen molar-refractivity contribution >= 4 is 0 Å². The molecule has 0 bridgehead atoms. The fourth-order valence-electron chi connectivity index (χ4n) is 2.61. The van der Waals surface area contributed by atoms with Gasteiger partial charge in [0.25, 0.3) is 0 Å². The van der Waals surface area contributed by atoms with Crippen molar-refractivity contribution in [1.29, 1.82) is 0 Å². The first-order valence-electron chi connectivity index (χ1n) is 7.27. The third kappa shape index (κ3) is 4.56. The van der Waals surface area contributed by atoms with E-state index in [9.17, 15) is 0 Å². The van der Waals surface area contributed by atoms with Crippen molar-refractivity contribution in [2.24, 2.45) is 11.7 Å². The summed E-state index contributed by atoms with van der Waals surface area (Å²) in [6.45, 7) is 11.9. The van der Waals surface area contributed by atoms with Crippen LogP contribution < -0.4 is 5.73 Å². The molecule has 1 aromatic heterocycles. The highest BCUT2D eigenvalue weighted by molar-refractivity contribution is 5.11. The number of nitrogens with two attached hydrogens (primary N) is 1. The van der Waals surface area contributed by atoms with Gasteiger partial charge in [0.2, 0.25) is 0 Å². The van der Waals surface area contributed by atoms with Gasteiger partial charge >= 0.3 is 0 Å².